The molecule has 3 N–H and O–H groups in total. The van der Waals surface area contributed by atoms with Crippen LogP contribution in [0.3, 0.4) is 0 Å². The smallest absolute Gasteiger partial charge is 0.324 e. The van der Waals surface area contributed by atoms with E-state index in [1.807, 2.05) is 6.92 Å². The van der Waals surface area contributed by atoms with Gasteiger partial charge in [0, 0.05) is 6.04 Å². The van der Waals surface area contributed by atoms with E-state index in [0.717, 1.165) is 6.54 Å². The van der Waals surface area contributed by atoms with Gasteiger partial charge in [-0.3, -0.25) is 4.57 Å². The summed E-state index contributed by atoms with van der Waals surface area (Å²) in [6.45, 7) is 4.39. The monoisotopic (exact) mass is 167 g/mol. The summed E-state index contributed by atoms with van der Waals surface area (Å²) in [6, 6.07) is -0.106. The van der Waals surface area contributed by atoms with Gasteiger partial charge >= 0.3 is 7.60 Å². The van der Waals surface area contributed by atoms with Gasteiger partial charge in [0.2, 0.25) is 0 Å². The van der Waals surface area contributed by atoms with Crippen molar-refractivity contribution in [1.82, 2.24) is 5.32 Å². The van der Waals surface area contributed by atoms with Gasteiger partial charge in [-0.05, 0) is 13.5 Å². The Morgan fingerprint density at radius 2 is 2.10 bits per heavy atom. The Morgan fingerprint density at radius 3 is 2.40 bits per heavy atom. The molecular weight excluding hydrogens is 153 g/mol. The fraction of sp³-hybridized carbons (Fsp3) is 1.00. The molecule has 0 bridgehead atoms. The molecule has 0 aromatic carbocycles. The molecule has 0 rings (SSSR count). The first kappa shape index (κ1) is 10.1. The van der Waals surface area contributed by atoms with Crippen molar-refractivity contribution in [2.75, 3.05) is 12.7 Å². The van der Waals surface area contributed by atoms with Crippen molar-refractivity contribution in [2.24, 2.45) is 0 Å². The summed E-state index contributed by atoms with van der Waals surface area (Å²) >= 11 is 0. The van der Waals surface area contributed by atoms with E-state index >= 15 is 0 Å². The highest BCUT2D eigenvalue weighted by Gasteiger charge is 2.16. The molecule has 0 aromatic rings. The van der Waals surface area contributed by atoms with E-state index in [0.29, 0.717) is 0 Å². The molecule has 0 spiro atoms. The van der Waals surface area contributed by atoms with E-state index in [-0.39, 0.29) is 12.2 Å². The maximum Gasteiger partial charge on any atom is 0.327 e. The summed E-state index contributed by atoms with van der Waals surface area (Å²) in [5.74, 6) is 0. The Hall–Kier alpha value is 0.110. The Balaban J connectivity index is 3.58. The minimum Gasteiger partial charge on any atom is -0.324 e. The predicted octanol–water partition coefficient (Wildman–Crippen LogP) is 0.162. The van der Waals surface area contributed by atoms with Crippen LogP contribution in [0, 0.1) is 0 Å². The molecule has 0 amide bonds. The van der Waals surface area contributed by atoms with Crippen LogP contribution < -0.4 is 5.32 Å². The summed E-state index contributed by atoms with van der Waals surface area (Å²) in [5.41, 5.74) is 0. The molecule has 4 nitrogen and oxygen atoms in total. The molecule has 0 aliphatic heterocycles. The zero-order chi connectivity index (χ0) is 8.20. The van der Waals surface area contributed by atoms with E-state index in [9.17, 15) is 4.57 Å². The third-order valence-corrected chi connectivity index (χ3v) is 2.09. The minimum atomic E-state index is -3.81. The van der Waals surface area contributed by atoms with Gasteiger partial charge in [-0.25, -0.2) is 0 Å². The molecule has 1 unspecified atom stereocenters. The summed E-state index contributed by atoms with van der Waals surface area (Å²) in [4.78, 5) is 17.0. The maximum absolute atomic E-state index is 10.4. The van der Waals surface area contributed by atoms with Crippen LogP contribution in [0.25, 0.3) is 0 Å². The second-order valence-corrected chi connectivity index (χ2v) is 4.00. The number of hydrogen-bond donors (Lipinski definition) is 3. The SMILES string of the molecule is CCNC(C)CP(=O)(O)O. The lowest BCUT2D eigenvalue weighted by Crippen LogP contribution is -2.28. The Morgan fingerprint density at radius 1 is 1.60 bits per heavy atom. The topological polar surface area (TPSA) is 69.6 Å². The highest BCUT2D eigenvalue weighted by atomic mass is 31.2. The van der Waals surface area contributed by atoms with Crippen LogP contribution in [-0.4, -0.2) is 28.5 Å². The first-order valence-electron chi connectivity index (χ1n) is 3.23. The lowest BCUT2D eigenvalue weighted by molar-refractivity contribution is 0.366. The van der Waals surface area contributed by atoms with Crippen molar-refractivity contribution >= 4 is 7.60 Å². The molecule has 0 saturated carbocycles. The van der Waals surface area contributed by atoms with Gasteiger partial charge < -0.3 is 15.1 Å². The second-order valence-electron chi connectivity index (χ2n) is 2.31. The van der Waals surface area contributed by atoms with Gasteiger partial charge in [0.1, 0.15) is 0 Å². The van der Waals surface area contributed by atoms with Gasteiger partial charge in [0.05, 0.1) is 6.16 Å². The molecule has 5 heteroatoms. The van der Waals surface area contributed by atoms with Gasteiger partial charge in [0.15, 0.2) is 0 Å². The average Bonchev–Trinajstić information content (AvgIpc) is 1.59. The zero-order valence-electron chi connectivity index (χ0n) is 6.24. The maximum atomic E-state index is 10.4. The van der Waals surface area contributed by atoms with Crippen LogP contribution in [0.4, 0.5) is 0 Å². The first-order chi connectivity index (χ1) is 4.45. The van der Waals surface area contributed by atoms with Crippen LogP contribution in [0.2, 0.25) is 0 Å². The molecule has 0 fully saturated rings. The van der Waals surface area contributed by atoms with Crippen molar-refractivity contribution in [1.29, 1.82) is 0 Å². The Labute approximate surface area is 60.8 Å². The van der Waals surface area contributed by atoms with Crippen LogP contribution in [0.1, 0.15) is 13.8 Å². The largest absolute Gasteiger partial charge is 0.327 e. The van der Waals surface area contributed by atoms with Gasteiger partial charge in [-0.1, -0.05) is 6.92 Å². The third-order valence-electron chi connectivity index (χ3n) is 1.06. The van der Waals surface area contributed by atoms with Crippen molar-refractivity contribution in [2.45, 2.75) is 19.9 Å². The molecular formula is C5H14NO3P. The normalized spacial score (nSPS) is 15.2. The highest BCUT2D eigenvalue weighted by molar-refractivity contribution is 7.51. The molecule has 10 heavy (non-hydrogen) atoms. The van der Waals surface area contributed by atoms with Crippen LogP contribution in [0.15, 0.2) is 0 Å². The molecule has 0 saturated heterocycles. The van der Waals surface area contributed by atoms with Gasteiger partial charge in [0.25, 0.3) is 0 Å². The van der Waals surface area contributed by atoms with Crippen LogP contribution in [-0.2, 0) is 4.57 Å². The van der Waals surface area contributed by atoms with Crippen molar-refractivity contribution < 1.29 is 14.4 Å². The standard InChI is InChI=1S/C5H14NO3P/c1-3-6-5(2)4-10(7,8)9/h5-6H,3-4H2,1-2H3,(H2,7,8,9). The fourth-order valence-electron chi connectivity index (χ4n) is 0.770. The third kappa shape index (κ3) is 6.23. The van der Waals surface area contributed by atoms with Gasteiger partial charge in [-0.2, -0.15) is 0 Å². The first-order valence-corrected chi connectivity index (χ1v) is 5.03. The van der Waals surface area contributed by atoms with E-state index in [4.69, 9.17) is 9.79 Å². The van der Waals surface area contributed by atoms with Crippen molar-refractivity contribution in [3.05, 3.63) is 0 Å². The molecule has 0 heterocycles. The summed E-state index contributed by atoms with van der Waals surface area (Å²) < 4.78 is 10.4. The zero-order valence-corrected chi connectivity index (χ0v) is 7.14. The Bertz CT molecular complexity index is 133. The lowest BCUT2D eigenvalue weighted by atomic mass is 10.4. The van der Waals surface area contributed by atoms with E-state index in [2.05, 4.69) is 5.32 Å². The van der Waals surface area contributed by atoms with Crippen LogP contribution in [0.5, 0.6) is 0 Å². The molecule has 0 aliphatic rings. The van der Waals surface area contributed by atoms with Crippen LogP contribution >= 0.6 is 7.60 Å². The van der Waals surface area contributed by atoms with Crippen molar-refractivity contribution in [3.8, 4) is 0 Å². The number of hydrogen-bond acceptors (Lipinski definition) is 2. The van der Waals surface area contributed by atoms with E-state index in [1.165, 1.54) is 0 Å². The number of nitrogens with one attached hydrogen (secondary N) is 1. The summed E-state index contributed by atoms with van der Waals surface area (Å²) in [6.07, 6.45) is -0.0825. The Kier molecular flexibility index (Phi) is 4.13. The van der Waals surface area contributed by atoms with Crippen molar-refractivity contribution in [3.63, 3.8) is 0 Å². The molecule has 1 atom stereocenters. The van der Waals surface area contributed by atoms with E-state index < -0.39 is 7.60 Å². The lowest BCUT2D eigenvalue weighted by Gasteiger charge is -2.12. The predicted molar refractivity (Wildman–Crippen MR) is 40.0 cm³/mol. The highest BCUT2D eigenvalue weighted by Crippen LogP contribution is 2.34. The molecule has 0 radical (unpaired) electrons. The minimum absolute atomic E-state index is 0.0825. The number of rotatable bonds is 4. The average molecular weight is 167 g/mol. The fourth-order valence-corrected chi connectivity index (χ4v) is 1.61. The summed E-state index contributed by atoms with van der Waals surface area (Å²) in [7, 11) is -3.81. The molecule has 0 aromatic heterocycles. The summed E-state index contributed by atoms with van der Waals surface area (Å²) in [5, 5.41) is 2.91. The van der Waals surface area contributed by atoms with Gasteiger partial charge in [-0.15, -0.1) is 0 Å². The molecule has 0 aliphatic carbocycles. The second kappa shape index (κ2) is 4.09. The van der Waals surface area contributed by atoms with E-state index in [1.54, 1.807) is 6.92 Å². The quantitative estimate of drug-likeness (QED) is 0.522. The molecule has 62 valence electrons.